The first-order valence-corrected chi connectivity index (χ1v) is 6.19. The molecule has 1 saturated heterocycles. The van der Waals surface area contributed by atoms with Crippen LogP contribution in [0.15, 0.2) is 0 Å². The minimum Gasteiger partial charge on any atom is -0.481 e. The zero-order chi connectivity index (χ0) is 13.0. The molecule has 2 unspecified atom stereocenters. The van der Waals surface area contributed by atoms with Gasteiger partial charge in [0.25, 0.3) is 0 Å². The van der Waals surface area contributed by atoms with E-state index in [1.807, 2.05) is 13.8 Å². The van der Waals surface area contributed by atoms with Gasteiger partial charge in [-0.3, -0.25) is 9.59 Å². The van der Waals surface area contributed by atoms with Crippen LogP contribution in [0.4, 0.5) is 0 Å². The second kappa shape index (κ2) is 6.00. The van der Waals surface area contributed by atoms with Crippen molar-refractivity contribution in [3.8, 4) is 0 Å². The van der Waals surface area contributed by atoms with E-state index in [1.165, 1.54) is 0 Å². The van der Waals surface area contributed by atoms with E-state index < -0.39 is 5.97 Å². The second-order valence-electron chi connectivity index (χ2n) is 5.01. The van der Waals surface area contributed by atoms with Gasteiger partial charge in [0.15, 0.2) is 0 Å². The fourth-order valence-electron chi connectivity index (χ4n) is 2.41. The zero-order valence-corrected chi connectivity index (χ0v) is 10.6. The number of carbonyl (C=O) groups is 2. The number of nitrogens with zero attached hydrogens (tertiary/aromatic N) is 1. The molecule has 1 aliphatic heterocycles. The van der Waals surface area contributed by atoms with Gasteiger partial charge in [0.05, 0.1) is 12.3 Å². The molecule has 0 bridgehead atoms. The van der Waals surface area contributed by atoms with Crippen LogP contribution in [0.25, 0.3) is 0 Å². The first-order valence-electron chi connectivity index (χ1n) is 6.19. The van der Waals surface area contributed by atoms with Crippen molar-refractivity contribution in [3.63, 3.8) is 0 Å². The van der Waals surface area contributed by atoms with Gasteiger partial charge in [0.2, 0.25) is 5.91 Å². The maximum Gasteiger partial charge on any atom is 0.305 e. The number of carbonyl (C=O) groups excluding carboxylic acids is 1. The highest BCUT2D eigenvalue weighted by Crippen LogP contribution is 2.24. The smallest absolute Gasteiger partial charge is 0.305 e. The average Bonchev–Trinajstić information content (AvgIpc) is 2.65. The number of likely N-dealkylation sites (tertiary alicyclic amines) is 1. The Bertz CT molecular complexity index is 291. The molecule has 0 aromatic carbocycles. The van der Waals surface area contributed by atoms with E-state index in [-0.39, 0.29) is 30.2 Å². The van der Waals surface area contributed by atoms with Gasteiger partial charge < -0.3 is 15.7 Å². The zero-order valence-electron chi connectivity index (χ0n) is 10.6. The first kappa shape index (κ1) is 14.0. The summed E-state index contributed by atoms with van der Waals surface area (Å²) in [5.74, 6) is -0.822. The van der Waals surface area contributed by atoms with Crippen molar-refractivity contribution in [2.24, 2.45) is 17.6 Å². The van der Waals surface area contributed by atoms with Crippen LogP contribution in [-0.2, 0) is 9.59 Å². The van der Waals surface area contributed by atoms with Gasteiger partial charge >= 0.3 is 5.97 Å². The SMILES string of the molecule is CC(C)C(CN)C(=O)N1CCCC1CC(=O)O. The molecule has 0 aliphatic carbocycles. The molecule has 1 heterocycles. The van der Waals surface area contributed by atoms with Crippen molar-refractivity contribution >= 4 is 11.9 Å². The number of hydrogen-bond acceptors (Lipinski definition) is 3. The molecule has 1 amide bonds. The Morgan fingerprint density at radius 2 is 2.12 bits per heavy atom. The van der Waals surface area contributed by atoms with Gasteiger partial charge in [0, 0.05) is 19.1 Å². The number of rotatable bonds is 5. The van der Waals surface area contributed by atoms with Crippen LogP contribution < -0.4 is 5.73 Å². The molecular weight excluding hydrogens is 220 g/mol. The van der Waals surface area contributed by atoms with Crippen LogP contribution >= 0.6 is 0 Å². The van der Waals surface area contributed by atoms with Crippen molar-refractivity contribution in [2.45, 2.75) is 39.2 Å². The molecule has 17 heavy (non-hydrogen) atoms. The van der Waals surface area contributed by atoms with Crippen LogP contribution in [0.3, 0.4) is 0 Å². The van der Waals surface area contributed by atoms with E-state index in [0.717, 1.165) is 12.8 Å². The summed E-state index contributed by atoms with van der Waals surface area (Å²) < 4.78 is 0. The maximum absolute atomic E-state index is 12.3. The Labute approximate surface area is 102 Å². The monoisotopic (exact) mass is 242 g/mol. The predicted molar refractivity (Wildman–Crippen MR) is 64.4 cm³/mol. The summed E-state index contributed by atoms with van der Waals surface area (Å²) >= 11 is 0. The van der Waals surface area contributed by atoms with Crippen LogP contribution in [-0.4, -0.2) is 41.0 Å². The number of nitrogens with two attached hydrogens (primary N) is 1. The highest BCUT2D eigenvalue weighted by Gasteiger charge is 2.34. The Morgan fingerprint density at radius 1 is 1.47 bits per heavy atom. The summed E-state index contributed by atoms with van der Waals surface area (Å²) in [6.07, 6.45) is 1.72. The Morgan fingerprint density at radius 3 is 2.59 bits per heavy atom. The Balaban J connectivity index is 2.69. The molecular formula is C12H22N2O3. The summed E-state index contributed by atoms with van der Waals surface area (Å²) in [5, 5.41) is 8.82. The van der Waals surface area contributed by atoms with Crippen molar-refractivity contribution in [1.82, 2.24) is 4.90 Å². The van der Waals surface area contributed by atoms with Gasteiger partial charge in [-0.05, 0) is 18.8 Å². The van der Waals surface area contributed by atoms with E-state index in [0.29, 0.717) is 13.1 Å². The lowest BCUT2D eigenvalue weighted by Crippen LogP contribution is -2.44. The molecule has 1 fully saturated rings. The summed E-state index contributed by atoms with van der Waals surface area (Å²) in [6.45, 7) is 4.93. The van der Waals surface area contributed by atoms with Gasteiger partial charge in [-0.15, -0.1) is 0 Å². The van der Waals surface area contributed by atoms with Crippen molar-refractivity contribution in [1.29, 1.82) is 0 Å². The van der Waals surface area contributed by atoms with E-state index in [2.05, 4.69) is 0 Å². The largest absolute Gasteiger partial charge is 0.481 e. The number of carboxylic acids is 1. The molecule has 2 atom stereocenters. The molecule has 1 rings (SSSR count). The lowest BCUT2D eigenvalue weighted by atomic mass is 9.94. The summed E-state index contributed by atoms with van der Waals surface area (Å²) in [7, 11) is 0. The van der Waals surface area contributed by atoms with Crippen LogP contribution in [0.1, 0.15) is 33.1 Å². The third-order valence-corrected chi connectivity index (χ3v) is 3.45. The van der Waals surface area contributed by atoms with E-state index in [4.69, 9.17) is 10.8 Å². The van der Waals surface area contributed by atoms with Crippen molar-refractivity contribution < 1.29 is 14.7 Å². The molecule has 0 saturated carbocycles. The van der Waals surface area contributed by atoms with Crippen molar-refractivity contribution in [2.75, 3.05) is 13.1 Å². The van der Waals surface area contributed by atoms with Crippen molar-refractivity contribution in [3.05, 3.63) is 0 Å². The highest BCUT2D eigenvalue weighted by molar-refractivity contribution is 5.80. The number of amides is 1. The quantitative estimate of drug-likeness (QED) is 0.742. The number of aliphatic carboxylic acids is 1. The minimum atomic E-state index is -0.844. The third-order valence-electron chi connectivity index (χ3n) is 3.45. The van der Waals surface area contributed by atoms with Crippen LogP contribution in [0, 0.1) is 11.8 Å². The molecule has 1 aliphatic rings. The molecule has 3 N–H and O–H groups in total. The Hall–Kier alpha value is -1.10. The standard InChI is InChI=1S/C12H22N2O3/c1-8(2)10(7-13)12(17)14-5-3-4-9(14)6-11(15)16/h8-10H,3-7,13H2,1-2H3,(H,15,16). The topological polar surface area (TPSA) is 83.6 Å². The highest BCUT2D eigenvalue weighted by atomic mass is 16.4. The fourth-order valence-corrected chi connectivity index (χ4v) is 2.41. The Kier molecular flexibility index (Phi) is 4.93. The average molecular weight is 242 g/mol. The van der Waals surface area contributed by atoms with Gasteiger partial charge in [-0.2, -0.15) is 0 Å². The minimum absolute atomic E-state index is 0.0197. The molecule has 0 aromatic heterocycles. The van der Waals surface area contributed by atoms with Gasteiger partial charge in [0.1, 0.15) is 0 Å². The summed E-state index contributed by atoms with van der Waals surface area (Å²) in [4.78, 5) is 24.7. The summed E-state index contributed by atoms with van der Waals surface area (Å²) in [5.41, 5.74) is 5.63. The molecule has 98 valence electrons. The lowest BCUT2D eigenvalue weighted by Gasteiger charge is -2.29. The molecule has 5 heteroatoms. The van der Waals surface area contributed by atoms with Gasteiger partial charge in [-0.25, -0.2) is 0 Å². The predicted octanol–water partition coefficient (Wildman–Crippen LogP) is 0.683. The summed E-state index contributed by atoms with van der Waals surface area (Å²) in [6, 6.07) is -0.146. The normalized spacial score (nSPS) is 21.9. The number of hydrogen-bond donors (Lipinski definition) is 2. The molecule has 5 nitrogen and oxygen atoms in total. The lowest BCUT2D eigenvalue weighted by molar-refractivity contribution is -0.141. The molecule has 0 aromatic rings. The maximum atomic E-state index is 12.3. The van der Waals surface area contributed by atoms with Crippen LogP contribution in [0.2, 0.25) is 0 Å². The molecule has 0 radical (unpaired) electrons. The molecule has 0 spiro atoms. The number of carboxylic acid groups (broad SMARTS) is 1. The van der Waals surface area contributed by atoms with Gasteiger partial charge in [-0.1, -0.05) is 13.8 Å². The first-order chi connectivity index (χ1) is 7.97. The van der Waals surface area contributed by atoms with Crippen LogP contribution in [0.5, 0.6) is 0 Å². The third kappa shape index (κ3) is 3.43. The fraction of sp³-hybridized carbons (Fsp3) is 0.833. The van der Waals surface area contributed by atoms with E-state index in [9.17, 15) is 9.59 Å². The van der Waals surface area contributed by atoms with E-state index >= 15 is 0 Å². The van der Waals surface area contributed by atoms with E-state index in [1.54, 1.807) is 4.90 Å². The second-order valence-corrected chi connectivity index (χ2v) is 5.01.